The molecule has 0 spiro atoms. The molecule has 0 amide bonds. The molecule has 4 aromatic rings. The van der Waals surface area contributed by atoms with Gasteiger partial charge in [-0.3, -0.25) is 0 Å². The smallest absolute Gasteiger partial charge is 0.156 e. The Hall–Kier alpha value is -4.11. The molecule has 3 heteroatoms. The molecule has 1 aromatic heterocycles. The van der Waals surface area contributed by atoms with Crippen molar-refractivity contribution < 1.29 is 0 Å². The van der Waals surface area contributed by atoms with Crippen LogP contribution < -0.4 is 0 Å². The van der Waals surface area contributed by atoms with Gasteiger partial charge < -0.3 is 0 Å². The van der Waals surface area contributed by atoms with Crippen LogP contribution in [0, 0.1) is 20.8 Å². The predicted octanol–water partition coefficient (Wildman–Crippen LogP) is 7.31. The summed E-state index contributed by atoms with van der Waals surface area (Å²) in [5, 5.41) is 0. The normalized spacial score (nSPS) is 11.7. The minimum absolute atomic E-state index is 0.623. The van der Waals surface area contributed by atoms with Crippen molar-refractivity contribution in [2.24, 2.45) is 0 Å². The maximum atomic E-state index is 4.64. The molecule has 0 bridgehead atoms. The zero-order valence-electron chi connectivity index (χ0n) is 19.2. The van der Waals surface area contributed by atoms with Gasteiger partial charge in [-0.05, 0) is 55.7 Å². The Kier molecular flexibility index (Phi) is 7.01. The minimum atomic E-state index is 0.623. The summed E-state index contributed by atoms with van der Waals surface area (Å²) >= 11 is 0. The number of hydrogen-bond donors (Lipinski definition) is 0. The molecule has 1 heterocycles. The van der Waals surface area contributed by atoms with Gasteiger partial charge in [0.15, 0.2) is 17.5 Å². The van der Waals surface area contributed by atoms with Crippen molar-refractivity contribution in [2.45, 2.75) is 20.8 Å². The first-order chi connectivity index (χ1) is 16.0. The van der Waals surface area contributed by atoms with Gasteiger partial charge in [-0.15, -0.1) is 0 Å². The van der Waals surface area contributed by atoms with Gasteiger partial charge in [0.05, 0.1) is 0 Å². The molecule has 0 radical (unpaired) electrons. The molecule has 0 fully saturated rings. The van der Waals surface area contributed by atoms with Crippen LogP contribution in [0.2, 0.25) is 0 Å². The molecule has 0 aliphatic carbocycles. The van der Waals surface area contributed by atoms with Crippen LogP contribution in [0.5, 0.6) is 0 Å². The van der Waals surface area contributed by atoms with Gasteiger partial charge >= 0.3 is 0 Å². The zero-order valence-corrected chi connectivity index (χ0v) is 19.2. The Morgan fingerprint density at radius 2 is 0.606 bits per heavy atom. The largest absolute Gasteiger partial charge is 0.209 e. The summed E-state index contributed by atoms with van der Waals surface area (Å²) < 4.78 is 0. The minimum Gasteiger partial charge on any atom is -0.209 e. The SMILES string of the molecule is Cc1ccc(C=Cc2nc(C=Cc3ccc(C)cc3)nc(C=Cc3ccc(C)cc3)n2)cc1. The first kappa shape index (κ1) is 22.1. The van der Waals surface area contributed by atoms with Gasteiger partial charge in [0, 0.05) is 0 Å². The van der Waals surface area contributed by atoms with E-state index in [1.165, 1.54) is 16.7 Å². The summed E-state index contributed by atoms with van der Waals surface area (Å²) in [6, 6.07) is 25.1. The second-order valence-electron chi connectivity index (χ2n) is 8.14. The van der Waals surface area contributed by atoms with Crippen molar-refractivity contribution in [1.82, 2.24) is 15.0 Å². The Balaban J connectivity index is 1.64. The molecule has 0 unspecified atom stereocenters. The summed E-state index contributed by atoms with van der Waals surface area (Å²) in [7, 11) is 0. The van der Waals surface area contributed by atoms with Crippen LogP contribution >= 0.6 is 0 Å². The molecule has 3 nitrogen and oxygen atoms in total. The molecule has 0 aliphatic heterocycles. The van der Waals surface area contributed by atoms with E-state index in [4.69, 9.17) is 0 Å². The highest BCUT2D eigenvalue weighted by Crippen LogP contribution is 2.12. The summed E-state index contributed by atoms with van der Waals surface area (Å²) in [6.45, 7) is 6.25. The molecule has 0 saturated carbocycles. The molecule has 0 N–H and O–H groups in total. The average Bonchev–Trinajstić information content (AvgIpc) is 2.83. The van der Waals surface area contributed by atoms with Crippen LogP contribution in [0.3, 0.4) is 0 Å². The highest BCUT2D eigenvalue weighted by atomic mass is 15.0. The van der Waals surface area contributed by atoms with Crippen molar-refractivity contribution in [3.63, 3.8) is 0 Å². The van der Waals surface area contributed by atoms with Crippen molar-refractivity contribution >= 4 is 36.5 Å². The van der Waals surface area contributed by atoms with E-state index in [0.717, 1.165) is 16.7 Å². The van der Waals surface area contributed by atoms with Crippen LogP contribution in [0.1, 0.15) is 50.9 Å². The standard InChI is InChI=1S/C30H27N3/c1-22-4-10-25(11-5-22)16-19-28-31-29(20-17-26-12-6-23(2)7-13-26)33-30(32-28)21-18-27-14-8-24(3)9-15-27/h4-21H,1-3H3. The number of hydrogen-bond acceptors (Lipinski definition) is 3. The topological polar surface area (TPSA) is 38.7 Å². The molecular weight excluding hydrogens is 402 g/mol. The Bertz CT molecular complexity index is 1120. The fraction of sp³-hybridized carbons (Fsp3) is 0.100. The fourth-order valence-corrected chi connectivity index (χ4v) is 3.20. The van der Waals surface area contributed by atoms with E-state index in [2.05, 4.69) is 109 Å². The third kappa shape index (κ3) is 6.68. The van der Waals surface area contributed by atoms with Crippen LogP contribution in [0.4, 0.5) is 0 Å². The number of benzene rings is 3. The third-order valence-electron chi connectivity index (χ3n) is 5.19. The first-order valence-electron chi connectivity index (χ1n) is 11.0. The van der Waals surface area contributed by atoms with E-state index in [1.807, 2.05) is 36.5 Å². The lowest BCUT2D eigenvalue weighted by Crippen LogP contribution is -1.99. The summed E-state index contributed by atoms with van der Waals surface area (Å²) in [5.74, 6) is 1.87. The number of aryl methyl sites for hydroxylation is 3. The monoisotopic (exact) mass is 429 g/mol. The maximum absolute atomic E-state index is 4.64. The van der Waals surface area contributed by atoms with E-state index in [0.29, 0.717) is 17.5 Å². The first-order valence-corrected chi connectivity index (χ1v) is 11.0. The zero-order chi connectivity index (χ0) is 23.0. The van der Waals surface area contributed by atoms with Gasteiger partial charge in [0.25, 0.3) is 0 Å². The Morgan fingerprint density at radius 1 is 0.364 bits per heavy atom. The Labute approximate surface area is 195 Å². The summed E-state index contributed by atoms with van der Waals surface area (Å²) in [4.78, 5) is 13.9. The maximum Gasteiger partial charge on any atom is 0.156 e. The molecule has 0 aliphatic rings. The predicted molar refractivity (Wildman–Crippen MR) is 140 cm³/mol. The molecule has 33 heavy (non-hydrogen) atoms. The second-order valence-corrected chi connectivity index (χ2v) is 8.14. The van der Waals surface area contributed by atoms with Crippen LogP contribution in [0.25, 0.3) is 36.5 Å². The van der Waals surface area contributed by atoms with Crippen LogP contribution in [0.15, 0.2) is 72.8 Å². The van der Waals surface area contributed by atoms with Gasteiger partial charge in [0.2, 0.25) is 0 Å². The molecule has 0 saturated heterocycles. The number of aromatic nitrogens is 3. The van der Waals surface area contributed by atoms with Gasteiger partial charge in [-0.1, -0.05) is 108 Å². The highest BCUT2D eigenvalue weighted by Gasteiger charge is 2.01. The lowest BCUT2D eigenvalue weighted by molar-refractivity contribution is 0.991. The van der Waals surface area contributed by atoms with Gasteiger partial charge in [0.1, 0.15) is 0 Å². The van der Waals surface area contributed by atoms with Crippen LogP contribution in [-0.4, -0.2) is 15.0 Å². The lowest BCUT2D eigenvalue weighted by Gasteiger charge is -2.01. The molecule has 4 rings (SSSR count). The quantitative estimate of drug-likeness (QED) is 0.322. The highest BCUT2D eigenvalue weighted by molar-refractivity contribution is 5.71. The van der Waals surface area contributed by atoms with E-state index in [-0.39, 0.29) is 0 Å². The fourth-order valence-electron chi connectivity index (χ4n) is 3.20. The molecule has 3 aromatic carbocycles. The van der Waals surface area contributed by atoms with E-state index in [1.54, 1.807) is 0 Å². The number of nitrogens with zero attached hydrogens (tertiary/aromatic N) is 3. The third-order valence-corrected chi connectivity index (χ3v) is 5.19. The van der Waals surface area contributed by atoms with Crippen LogP contribution in [-0.2, 0) is 0 Å². The van der Waals surface area contributed by atoms with E-state index in [9.17, 15) is 0 Å². The summed E-state index contributed by atoms with van der Waals surface area (Å²) in [6.07, 6.45) is 11.9. The van der Waals surface area contributed by atoms with Crippen molar-refractivity contribution in [1.29, 1.82) is 0 Å². The molecule has 162 valence electrons. The van der Waals surface area contributed by atoms with E-state index >= 15 is 0 Å². The molecule has 0 atom stereocenters. The summed E-state index contributed by atoms with van der Waals surface area (Å²) in [5.41, 5.74) is 7.02. The average molecular weight is 430 g/mol. The van der Waals surface area contributed by atoms with Crippen molar-refractivity contribution in [3.05, 3.63) is 124 Å². The molecular formula is C30H27N3. The van der Waals surface area contributed by atoms with E-state index < -0.39 is 0 Å². The van der Waals surface area contributed by atoms with Crippen molar-refractivity contribution in [2.75, 3.05) is 0 Å². The van der Waals surface area contributed by atoms with Crippen molar-refractivity contribution in [3.8, 4) is 0 Å². The lowest BCUT2D eigenvalue weighted by atomic mass is 10.1. The number of rotatable bonds is 6. The second kappa shape index (κ2) is 10.5. The van der Waals surface area contributed by atoms with Gasteiger partial charge in [-0.25, -0.2) is 15.0 Å². The van der Waals surface area contributed by atoms with Gasteiger partial charge in [-0.2, -0.15) is 0 Å². The Morgan fingerprint density at radius 3 is 0.848 bits per heavy atom.